The van der Waals surface area contributed by atoms with Crippen LogP contribution in [0.25, 0.3) is 0 Å². The quantitative estimate of drug-likeness (QED) is 0.355. The second kappa shape index (κ2) is 7.09. The zero-order valence-electron chi connectivity index (χ0n) is 11.3. The number of hydrogen-bond acceptors (Lipinski definition) is 7. The average Bonchev–Trinajstić information content (AvgIpc) is 2.99. The van der Waals surface area contributed by atoms with Crippen molar-refractivity contribution in [3.63, 3.8) is 0 Å². The van der Waals surface area contributed by atoms with Crippen LogP contribution in [0.15, 0.2) is 6.20 Å². The number of rotatable bonds is 7. The van der Waals surface area contributed by atoms with Crippen molar-refractivity contribution in [2.75, 3.05) is 13.2 Å². The van der Waals surface area contributed by atoms with E-state index in [4.69, 9.17) is 10.2 Å². The van der Waals surface area contributed by atoms with Crippen molar-refractivity contribution in [3.05, 3.63) is 11.9 Å². The molecule has 1 aliphatic heterocycles. The third kappa shape index (κ3) is 3.53. The summed E-state index contributed by atoms with van der Waals surface area (Å²) >= 11 is 0. The van der Waals surface area contributed by atoms with E-state index in [2.05, 4.69) is 15.6 Å². The predicted octanol–water partition coefficient (Wildman–Crippen LogP) is -2.35. The van der Waals surface area contributed by atoms with Crippen molar-refractivity contribution >= 4 is 0 Å². The number of aromatic nitrogens is 3. The number of aryl methyl sites for hydroxylation is 1. The van der Waals surface area contributed by atoms with E-state index in [1.165, 1.54) is 0 Å². The summed E-state index contributed by atoms with van der Waals surface area (Å²) in [5, 5.41) is 48.4. The maximum atomic E-state index is 9.89. The highest BCUT2D eigenvalue weighted by Crippen LogP contribution is 2.15. The van der Waals surface area contributed by atoms with Crippen LogP contribution in [0.2, 0.25) is 0 Å². The highest BCUT2D eigenvalue weighted by Gasteiger charge is 2.40. The molecule has 0 aliphatic carbocycles. The molecule has 1 saturated heterocycles. The molecule has 0 bridgehead atoms. The zero-order chi connectivity index (χ0) is 14.5. The van der Waals surface area contributed by atoms with Gasteiger partial charge in [0, 0.05) is 12.8 Å². The molecule has 114 valence electrons. The monoisotopic (exact) mass is 286 g/mol. The smallest absolute Gasteiger partial charge is 0.0990 e. The fraction of sp³-hybridized carbons (Fsp3) is 0.833. The van der Waals surface area contributed by atoms with Gasteiger partial charge in [-0.15, -0.1) is 5.10 Å². The van der Waals surface area contributed by atoms with Gasteiger partial charge in [0.1, 0.15) is 0 Å². The summed E-state index contributed by atoms with van der Waals surface area (Å²) in [7, 11) is 0. The molecule has 1 aromatic rings. The first-order valence-electron chi connectivity index (χ1n) is 6.88. The van der Waals surface area contributed by atoms with Crippen LogP contribution in [-0.4, -0.2) is 72.9 Å². The second-order valence-electron chi connectivity index (χ2n) is 5.16. The highest BCUT2D eigenvalue weighted by atomic mass is 16.3. The van der Waals surface area contributed by atoms with Gasteiger partial charge in [-0.3, -0.25) is 4.68 Å². The number of nitrogens with one attached hydrogen (secondary N) is 1. The molecule has 5 N–H and O–H groups in total. The minimum absolute atomic E-state index is 0.173. The molecular weight excluding hydrogens is 264 g/mol. The molecule has 0 spiro atoms. The highest BCUT2D eigenvalue weighted by molar-refractivity contribution is 4.99. The standard InChI is InChI=1S/C12H22N4O4/c17-4-2-1-3-8-5-16(15-14-8)6-9-11(19)12(20)10(7-18)13-9/h5,9-13,17-20H,1-4,6-7H2/t9-,10-,11-,12-/m1/s1. The number of nitrogens with zero attached hydrogens (tertiary/aromatic N) is 3. The van der Waals surface area contributed by atoms with Crippen molar-refractivity contribution in [3.8, 4) is 0 Å². The van der Waals surface area contributed by atoms with Gasteiger partial charge >= 0.3 is 0 Å². The van der Waals surface area contributed by atoms with E-state index < -0.39 is 18.2 Å². The largest absolute Gasteiger partial charge is 0.396 e. The maximum absolute atomic E-state index is 9.89. The lowest BCUT2D eigenvalue weighted by Gasteiger charge is -2.15. The lowest BCUT2D eigenvalue weighted by Crippen LogP contribution is -2.38. The molecule has 2 heterocycles. The van der Waals surface area contributed by atoms with Gasteiger partial charge in [-0.25, -0.2) is 0 Å². The molecule has 20 heavy (non-hydrogen) atoms. The molecule has 1 fully saturated rings. The first-order valence-corrected chi connectivity index (χ1v) is 6.88. The van der Waals surface area contributed by atoms with Gasteiger partial charge in [0.15, 0.2) is 0 Å². The van der Waals surface area contributed by atoms with E-state index in [1.54, 1.807) is 10.9 Å². The van der Waals surface area contributed by atoms with Crippen molar-refractivity contribution < 1.29 is 20.4 Å². The summed E-state index contributed by atoms with van der Waals surface area (Å²) in [6.07, 6.45) is 2.23. The molecule has 8 nitrogen and oxygen atoms in total. The summed E-state index contributed by atoms with van der Waals surface area (Å²) < 4.78 is 1.61. The predicted molar refractivity (Wildman–Crippen MR) is 69.9 cm³/mol. The van der Waals surface area contributed by atoms with Crippen LogP contribution >= 0.6 is 0 Å². The van der Waals surface area contributed by atoms with Gasteiger partial charge in [-0.1, -0.05) is 5.21 Å². The van der Waals surface area contributed by atoms with Crippen LogP contribution in [0.1, 0.15) is 18.5 Å². The summed E-state index contributed by atoms with van der Waals surface area (Å²) in [4.78, 5) is 0. The van der Waals surface area contributed by atoms with Crippen LogP contribution in [0.4, 0.5) is 0 Å². The normalized spacial score (nSPS) is 30.0. The third-order valence-corrected chi connectivity index (χ3v) is 3.61. The van der Waals surface area contributed by atoms with E-state index in [9.17, 15) is 10.2 Å². The Labute approximate surface area is 117 Å². The first kappa shape index (κ1) is 15.3. The Hall–Kier alpha value is -1.06. The molecular formula is C12H22N4O4. The fourth-order valence-electron chi connectivity index (χ4n) is 2.43. The molecule has 0 radical (unpaired) electrons. The third-order valence-electron chi connectivity index (χ3n) is 3.61. The van der Waals surface area contributed by atoms with Gasteiger partial charge in [0.2, 0.25) is 0 Å². The first-order chi connectivity index (χ1) is 9.65. The molecule has 8 heteroatoms. The van der Waals surface area contributed by atoms with E-state index >= 15 is 0 Å². The maximum Gasteiger partial charge on any atom is 0.0990 e. The molecule has 2 rings (SSSR count). The Balaban J connectivity index is 1.87. The van der Waals surface area contributed by atoms with E-state index in [-0.39, 0.29) is 19.3 Å². The van der Waals surface area contributed by atoms with Crippen LogP contribution in [0, 0.1) is 0 Å². The number of unbranched alkanes of at least 4 members (excludes halogenated alkanes) is 1. The molecule has 0 unspecified atom stereocenters. The number of aliphatic hydroxyl groups excluding tert-OH is 4. The SMILES string of the molecule is OCCCCc1cn(C[C@H]2N[C@H](CO)[C@@H](O)[C@@H]2O)nn1. The minimum atomic E-state index is -0.974. The van der Waals surface area contributed by atoms with Gasteiger partial charge in [-0.05, 0) is 19.3 Å². The van der Waals surface area contributed by atoms with Crippen LogP contribution in [0.3, 0.4) is 0 Å². The Kier molecular flexibility index (Phi) is 5.44. The lowest BCUT2D eigenvalue weighted by molar-refractivity contribution is 0.0175. The van der Waals surface area contributed by atoms with E-state index in [0.29, 0.717) is 6.54 Å². The minimum Gasteiger partial charge on any atom is -0.396 e. The second-order valence-corrected chi connectivity index (χ2v) is 5.16. The molecule has 0 amide bonds. The lowest BCUT2D eigenvalue weighted by atomic mass is 10.1. The van der Waals surface area contributed by atoms with Crippen LogP contribution in [-0.2, 0) is 13.0 Å². The van der Waals surface area contributed by atoms with Crippen molar-refractivity contribution in [2.24, 2.45) is 0 Å². The van der Waals surface area contributed by atoms with Gasteiger partial charge in [0.05, 0.1) is 43.1 Å². The van der Waals surface area contributed by atoms with Crippen molar-refractivity contribution in [2.45, 2.75) is 50.1 Å². The summed E-state index contributed by atoms with van der Waals surface area (Å²) in [5.74, 6) is 0. The van der Waals surface area contributed by atoms with E-state index in [0.717, 1.165) is 25.0 Å². The Bertz CT molecular complexity index is 414. The number of hydrogen-bond donors (Lipinski definition) is 5. The molecule has 1 aromatic heterocycles. The average molecular weight is 286 g/mol. The Morgan fingerprint density at radius 1 is 1.15 bits per heavy atom. The van der Waals surface area contributed by atoms with Gasteiger partial charge in [-0.2, -0.15) is 0 Å². The Morgan fingerprint density at radius 2 is 1.90 bits per heavy atom. The Morgan fingerprint density at radius 3 is 2.55 bits per heavy atom. The van der Waals surface area contributed by atoms with Crippen LogP contribution in [0.5, 0.6) is 0 Å². The van der Waals surface area contributed by atoms with Gasteiger partial charge in [0.25, 0.3) is 0 Å². The summed E-state index contributed by atoms with van der Waals surface area (Å²) in [6, 6.07) is -0.878. The summed E-state index contributed by atoms with van der Waals surface area (Å²) in [5.41, 5.74) is 0.838. The number of aliphatic hydroxyl groups is 4. The molecule has 1 aliphatic rings. The van der Waals surface area contributed by atoms with Crippen LogP contribution < -0.4 is 5.32 Å². The van der Waals surface area contributed by atoms with Crippen molar-refractivity contribution in [1.29, 1.82) is 0 Å². The van der Waals surface area contributed by atoms with Crippen molar-refractivity contribution in [1.82, 2.24) is 20.3 Å². The molecule has 4 atom stereocenters. The van der Waals surface area contributed by atoms with Gasteiger partial charge < -0.3 is 25.7 Å². The fourth-order valence-corrected chi connectivity index (χ4v) is 2.43. The topological polar surface area (TPSA) is 124 Å². The molecule has 0 aromatic carbocycles. The zero-order valence-corrected chi connectivity index (χ0v) is 11.3. The van der Waals surface area contributed by atoms with E-state index in [1.807, 2.05) is 0 Å². The summed E-state index contributed by atoms with van der Waals surface area (Å²) in [6.45, 7) is 0.326. The molecule has 0 saturated carbocycles.